The highest BCUT2D eigenvalue weighted by molar-refractivity contribution is 5.93. The number of hydrogen-bond donors (Lipinski definition) is 1. The molecule has 1 amide bonds. The van der Waals surface area contributed by atoms with Gasteiger partial charge in [-0.25, -0.2) is 0 Å². The maximum Gasteiger partial charge on any atom is 0.276 e. The minimum Gasteiger partial charge on any atom is -0.497 e. The lowest BCUT2D eigenvalue weighted by atomic mass is 9.71. The van der Waals surface area contributed by atoms with Crippen LogP contribution < -0.4 is 4.74 Å². The second-order valence-corrected chi connectivity index (χ2v) is 9.15. The SMILES string of the molecule is COc1cccc(C[C@H]2[C@H]3C[C@H](CN(C(=O)c4n[nH]nc4C)C3)[C@@H]3CCCCN32)c1. The van der Waals surface area contributed by atoms with E-state index in [1.165, 1.54) is 37.8 Å². The minimum absolute atomic E-state index is 0.0281. The van der Waals surface area contributed by atoms with E-state index in [1.807, 2.05) is 17.9 Å². The third-order valence-corrected chi connectivity index (χ3v) is 7.41. The van der Waals surface area contributed by atoms with Crippen molar-refractivity contribution in [2.75, 3.05) is 26.7 Å². The number of carbonyl (C=O) groups is 1. The lowest BCUT2D eigenvalue weighted by Gasteiger charge is -2.57. The first kappa shape index (κ1) is 19.5. The summed E-state index contributed by atoms with van der Waals surface area (Å²) in [7, 11) is 1.72. The van der Waals surface area contributed by atoms with Gasteiger partial charge in [-0.1, -0.05) is 18.6 Å². The molecule has 2 bridgehead atoms. The monoisotopic (exact) mass is 409 g/mol. The molecule has 160 valence electrons. The van der Waals surface area contributed by atoms with Crippen molar-refractivity contribution in [3.05, 3.63) is 41.2 Å². The molecule has 30 heavy (non-hydrogen) atoms. The molecule has 5 rings (SSSR count). The van der Waals surface area contributed by atoms with Gasteiger partial charge in [-0.05, 0) is 68.7 Å². The van der Waals surface area contributed by atoms with Gasteiger partial charge < -0.3 is 9.64 Å². The predicted molar refractivity (Wildman–Crippen MR) is 113 cm³/mol. The third kappa shape index (κ3) is 3.49. The van der Waals surface area contributed by atoms with Crippen LogP contribution >= 0.6 is 0 Å². The van der Waals surface area contributed by atoms with Crippen LogP contribution in [0.3, 0.4) is 0 Å². The topological polar surface area (TPSA) is 74.3 Å². The number of likely N-dealkylation sites (tertiary alicyclic amines) is 1. The molecule has 1 aromatic carbocycles. The van der Waals surface area contributed by atoms with Crippen LogP contribution in [-0.2, 0) is 6.42 Å². The molecule has 3 saturated heterocycles. The molecule has 1 N–H and O–H groups in total. The molecule has 7 heteroatoms. The third-order valence-electron chi connectivity index (χ3n) is 7.41. The van der Waals surface area contributed by atoms with E-state index in [-0.39, 0.29) is 5.91 Å². The Hall–Kier alpha value is -2.41. The zero-order chi connectivity index (χ0) is 20.7. The Labute approximate surface area is 177 Å². The number of amides is 1. The van der Waals surface area contributed by atoms with Crippen LogP contribution in [-0.4, -0.2) is 69.9 Å². The number of nitrogens with zero attached hydrogens (tertiary/aromatic N) is 4. The summed E-state index contributed by atoms with van der Waals surface area (Å²) in [6.45, 7) is 4.67. The van der Waals surface area contributed by atoms with Crippen molar-refractivity contribution in [3.63, 3.8) is 0 Å². The first-order valence-corrected chi connectivity index (χ1v) is 11.2. The fraction of sp³-hybridized carbons (Fsp3) is 0.609. The quantitative estimate of drug-likeness (QED) is 0.840. The Kier molecular flexibility index (Phi) is 5.23. The van der Waals surface area contributed by atoms with Gasteiger partial charge in [0.25, 0.3) is 5.91 Å². The number of aromatic amines is 1. The summed E-state index contributed by atoms with van der Waals surface area (Å²) in [6.07, 6.45) is 6.06. The summed E-state index contributed by atoms with van der Waals surface area (Å²) in [5.74, 6) is 1.99. The molecular formula is C23H31N5O2. The lowest BCUT2D eigenvalue weighted by molar-refractivity contribution is -0.0643. The predicted octanol–water partition coefficient (Wildman–Crippen LogP) is 2.68. The van der Waals surface area contributed by atoms with Gasteiger partial charge in [0.05, 0.1) is 12.8 Å². The number of aromatic nitrogens is 3. The number of piperidine rings is 3. The second-order valence-electron chi connectivity index (χ2n) is 9.15. The molecule has 0 aliphatic carbocycles. The molecule has 4 atom stereocenters. The van der Waals surface area contributed by atoms with Crippen LogP contribution in [0.25, 0.3) is 0 Å². The highest BCUT2D eigenvalue weighted by Crippen LogP contribution is 2.42. The molecule has 4 heterocycles. The summed E-state index contributed by atoms with van der Waals surface area (Å²) >= 11 is 0. The number of H-pyrrole nitrogens is 1. The van der Waals surface area contributed by atoms with E-state index in [0.29, 0.717) is 35.3 Å². The minimum atomic E-state index is 0.0281. The van der Waals surface area contributed by atoms with Gasteiger partial charge in [-0.15, -0.1) is 0 Å². The number of carbonyl (C=O) groups excluding carboxylic acids is 1. The highest BCUT2D eigenvalue weighted by atomic mass is 16.5. The summed E-state index contributed by atoms with van der Waals surface area (Å²) in [6, 6.07) is 9.50. The normalized spacial score (nSPS) is 28.8. The van der Waals surface area contributed by atoms with Crippen molar-refractivity contribution in [1.82, 2.24) is 25.2 Å². The van der Waals surface area contributed by atoms with Gasteiger partial charge in [0.1, 0.15) is 5.75 Å². The number of ether oxygens (including phenoxy) is 1. The molecule has 2 aromatic rings. The van der Waals surface area contributed by atoms with Crippen molar-refractivity contribution < 1.29 is 9.53 Å². The van der Waals surface area contributed by atoms with E-state index < -0.39 is 0 Å². The van der Waals surface area contributed by atoms with Crippen LogP contribution in [0.15, 0.2) is 24.3 Å². The molecule has 0 radical (unpaired) electrons. The lowest BCUT2D eigenvalue weighted by Crippen LogP contribution is -2.64. The molecule has 0 saturated carbocycles. The van der Waals surface area contributed by atoms with Gasteiger partial charge in [0.15, 0.2) is 5.69 Å². The van der Waals surface area contributed by atoms with Crippen molar-refractivity contribution in [2.24, 2.45) is 11.8 Å². The summed E-state index contributed by atoms with van der Waals surface area (Å²) in [5.41, 5.74) is 2.47. The van der Waals surface area contributed by atoms with Crippen molar-refractivity contribution >= 4 is 5.91 Å². The van der Waals surface area contributed by atoms with Crippen molar-refractivity contribution in [3.8, 4) is 5.75 Å². The fourth-order valence-electron chi connectivity index (χ4n) is 6.03. The smallest absolute Gasteiger partial charge is 0.276 e. The van der Waals surface area contributed by atoms with Crippen LogP contribution in [0.4, 0.5) is 0 Å². The average Bonchev–Trinajstić information content (AvgIpc) is 3.22. The van der Waals surface area contributed by atoms with Crippen LogP contribution in [0.2, 0.25) is 0 Å². The summed E-state index contributed by atoms with van der Waals surface area (Å²) < 4.78 is 5.45. The Balaban J connectivity index is 1.41. The molecule has 3 fully saturated rings. The average molecular weight is 410 g/mol. The fourth-order valence-corrected chi connectivity index (χ4v) is 6.03. The standard InChI is InChI=1S/C23H31N5O2/c1-15-22(25-26-24-15)23(29)27-13-17-12-18(14-27)21(28-9-4-3-8-20(17)28)11-16-6-5-7-19(10-16)30-2/h5-7,10,17-18,20-21H,3-4,8-9,11-14H2,1-2H3,(H,24,25,26)/t17-,18+,20+,21+/m1/s1. The van der Waals surface area contributed by atoms with Gasteiger partial charge in [0.2, 0.25) is 0 Å². The maximum atomic E-state index is 13.2. The number of benzene rings is 1. The summed E-state index contributed by atoms with van der Waals surface area (Å²) in [5, 5.41) is 10.8. The zero-order valence-electron chi connectivity index (χ0n) is 17.9. The van der Waals surface area contributed by atoms with Crippen LogP contribution in [0.5, 0.6) is 5.75 Å². The number of hydrogen-bond acceptors (Lipinski definition) is 5. The van der Waals surface area contributed by atoms with E-state index in [2.05, 4.69) is 38.5 Å². The first-order chi connectivity index (χ1) is 14.6. The molecule has 7 nitrogen and oxygen atoms in total. The molecule has 0 unspecified atom stereocenters. The van der Waals surface area contributed by atoms with Gasteiger partial charge in [0, 0.05) is 25.2 Å². The van der Waals surface area contributed by atoms with Crippen LogP contribution in [0, 0.1) is 18.8 Å². The number of methoxy groups -OCH3 is 1. The maximum absolute atomic E-state index is 13.2. The van der Waals surface area contributed by atoms with E-state index in [1.54, 1.807) is 7.11 Å². The van der Waals surface area contributed by atoms with E-state index in [4.69, 9.17) is 4.74 Å². The largest absolute Gasteiger partial charge is 0.497 e. The van der Waals surface area contributed by atoms with E-state index in [0.717, 1.165) is 25.3 Å². The van der Waals surface area contributed by atoms with E-state index >= 15 is 0 Å². The number of fused-ring (bicyclic) bond motifs is 4. The first-order valence-electron chi connectivity index (χ1n) is 11.2. The summed E-state index contributed by atoms with van der Waals surface area (Å²) in [4.78, 5) is 18.0. The van der Waals surface area contributed by atoms with Gasteiger partial charge in [-0.3, -0.25) is 9.69 Å². The van der Waals surface area contributed by atoms with Gasteiger partial charge in [-0.2, -0.15) is 15.4 Å². The molecular weight excluding hydrogens is 378 g/mol. The Morgan fingerprint density at radius 2 is 2.10 bits per heavy atom. The Bertz CT molecular complexity index is 913. The van der Waals surface area contributed by atoms with Crippen molar-refractivity contribution in [2.45, 2.75) is 51.1 Å². The number of nitrogens with one attached hydrogen (secondary N) is 1. The number of rotatable bonds is 4. The van der Waals surface area contributed by atoms with Crippen molar-refractivity contribution in [1.29, 1.82) is 0 Å². The molecule has 3 aliphatic heterocycles. The van der Waals surface area contributed by atoms with Gasteiger partial charge >= 0.3 is 0 Å². The van der Waals surface area contributed by atoms with Crippen LogP contribution in [0.1, 0.15) is 47.4 Å². The molecule has 0 spiro atoms. The molecule has 3 aliphatic rings. The zero-order valence-corrected chi connectivity index (χ0v) is 17.9. The Morgan fingerprint density at radius 1 is 1.23 bits per heavy atom. The second kappa shape index (κ2) is 8.02. The van der Waals surface area contributed by atoms with E-state index in [9.17, 15) is 4.79 Å². The molecule has 1 aromatic heterocycles. The Morgan fingerprint density at radius 3 is 2.90 bits per heavy atom. The highest BCUT2D eigenvalue weighted by Gasteiger charge is 2.48. The number of aryl methyl sites for hydroxylation is 1.